The molecule has 2 aliphatic rings. The van der Waals surface area contributed by atoms with Crippen LogP contribution in [0.4, 0.5) is 0 Å². The van der Waals surface area contributed by atoms with E-state index < -0.39 is 0 Å². The number of allylic oxidation sites excluding steroid dienone is 6. The fraction of sp³-hybridized carbons (Fsp3) is 0.364. The Labute approximate surface area is 73.2 Å². The van der Waals surface area contributed by atoms with E-state index in [4.69, 9.17) is 0 Å². The molecule has 1 heteroatoms. The Morgan fingerprint density at radius 1 is 1.25 bits per heavy atom. The molecule has 0 amide bonds. The summed E-state index contributed by atoms with van der Waals surface area (Å²) in [5.74, 6) is 1.06. The maximum absolute atomic E-state index is 4.38. The van der Waals surface area contributed by atoms with Crippen molar-refractivity contribution in [3.63, 3.8) is 0 Å². The van der Waals surface area contributed by atoms with Gasteiger partial charge in [0.15, 0.2) is 0 Å². The highest BCUT2D eigenvalue weighted by Crippen LogP contribution is 2.25. The molecule has 0 spiro atoms. The molecule has 1 nitrogen and oxygen atoms in total. The fourth-order valence-electron chi connectivity index (χ4n) is 1.61. The van der Waals surface area contributed by atoms with Crippen LogP contribution in [0.5, 0.6) is 0 Å². The molecule has 0 N–H and O–H groups in total. The van der Waals surface area contributed by atoms with Gasteiger partial charge in [0.1, 0.15) is 0 Å². The molecule has 0 aromatic carbocycles. The molecular formula is C11H13N. The molecule has 2 unspecified atom stereocenters. The summed E-state index contributed by atoms with van der Waals surface area (Å²) in [4.78, 5) is 4.38. The Morgan fingerprint density at radius 3 is 2.75 bits per heavy atom. The third-order valence-corrected chi connectivity index (χ3v) is 2.38. The second kappa shape index (κ2) is 3.10. The Hall–Kier alpha value is -1.11. The van der Waals surface area contributed by atoms with E-state index in [1.807, 2.05) is 0 Å². The van der Waals surface area contributed by atoms with Gasteiger partial charge in [-0.2, -0.15) is 0 Å². The van der Waals surface area contributed by atoms with Gasteiger partial charge in [0.05, 0.1) is 0 Å². The summed E-state index contributed by atoms with van der Waals surface area (Å²) in [6.07, 6.45) is 14.0. The molecule has 0 aromatic rings. The van der Waals surface area contributed by atoms with Crippen molar-refractivity contribution in [3.8, 4) is 0 Å². The summed E-state index contributed by atoms with van der Waals surface area (Å²) in [6, 6.07) is 0. The largest absolute Gasteiger partial charge is 0.265 e. The van der Waals surface area contributed by atoms with Crippen LogP contribution < -0.4 is 0 Å². The quantitative estimate of drug-likeness (QED) is 0.558. The lowest BCUT2D eigenvalue weighted by atomic mass is 9.87. The summed E-state index contributed by atoms with van der Waals surface area (Å²) >= 11 is 0. The molecule has 0 radical (unpaired) electrons. The zero-order valence-corrected chi connectivity index (χ0v) is 7.27. The first-order valence-corrected chi connectivity index (χ1v) is 4.50. The van der Waals surface area contributed by atoms with E-state index >= 15 is 0 Å². The molecule has 0 saturated carbocycles. The molecule has 2 rings (SSSR count). The third-order valence-electron chi connectivity index (χ3n) is 2.38. The van der Waals surface area contributed by atoms with E-state index in [-0.39, 0.29) is 0 Å². The Bertz CT molecular complexity index is 281. The van der Waals surface area contributed by atoms with E-state index in [1.54, 1.807) is 0 Å². The normalized spacial score (nSPS) is 31.6. The van der Waals surface area contributed by atoms with Gasteiger partial charge in [0.25, 0.3) is 0 Å². The first-order chi connectivity index (χ1) is 5.90. The molecule has 1 heterocycles. The standard InChI is InChI=1S/C11H13N/c1-2-11-7-9-5-3-4-6-10(9)8-12-11/h3-10H,2H2,1H3. The highest BCUT2D eigenvalue weighted by atomic mass is 14.7. The Kier molecular flexibility index (Phi) is 1.94. The van der Waals surface area contributed by atoms with Crippen LogP contribution in [0.15, 0.2) is 41.1 Å². The van der Waals surface area contributed by atoms with Gasteiger partial charge in [0, 0.05) is 23.7 Å². The van der Waals surface area contributed by atoms with E-state index in [1.165, 1.54) is 5.70 Å². The highest BCUT2D eigenvalue weighted by Gasteiger charge is 2.17. The summed E-state index contributed by atoms with van der Waals surface area (Å²) in [6.45, 7) is 2.14. The van der Waals surface area contributed by atoms with Gasteiger partial charge in [-0.05, 0) is 6.42 Å². The van der Waals surface area contributed by atoms with Gasteiger partial charge in [0.2, 0.25) is 0 Å². The SMILES string of the molecule is CCC1=CC2C=CC=CC2C=N1. The lowest BCUT2D eigenvalue weighted by Gasteiger charge is -2.21. The maximum atomic E-state index is 4.38. The zero-order chi connectivity index (χ0) is 8.39. The van der Waals surface area contributed by atoms with Gasteiger partial charge < -0.3 is 0 Å². The van der Waals surface area contributed by atoms with Crippen LogP contribution in [0.25, 0.3) is 0 Å². The first kappa shape index (κ1) is 7.53. The summed E-state index contributed by atoms with van der Waals surface area (Å²) in [5.41, 5.74) is 1.22. The van der Waals surface area contributed by atoms with Gasteiger partial charge in [-0.25, -0.2) is 0 Å². The van der Waals surface area contributed by atoms with E-state index in [9.17, 15) is 0 Å². The number of rotatable bonds is 1. The molecule has 2 atom stereocenters. The third kappa shape index (κ3) is 1.27. The number of aliphatic imine (C=N–C) groups is 1. The number of fused-ring (bicyclic) bond motifs is 1. The van der Waals surface area contributed by atoms with E-state index in [0.29, 0.717) is 11.8 Å². The van der Waals surface area contributed by atoms with Crippen molar-refractivity contribution < 1.29 is 0 Å². The van der Waals surface area contributed by atoms with Crippen LogP contribution in [0.1, 0.15) is 13.3 Å². The van der Waals surface area contributed by atoms with Crippen molar-refractivity contribution in [2.75, 3.05) is 0 Å². The monoisotopic (exact) mass is 159 g/mol. The molecular weight excluding hydrogens is 146 g/mol. The molecule has 1 aliphatic carbocycles. The molecule has 1 aliphatic heterocycles. The van der Waals surface area contributed by atoms with Crippen LogP contribution in [0.3, 0.4) is 0 Å². The lowest BCUT2D eigenvalue weighted by molar-refractivity contribution is 0.689. The second-order valence-corrected chi connectivity index (χ2v) is 3.21. The van der Waals surface area contributed by atoms with Crippen LogP contribution >= 0.6 is 0 Å². The van der Waals surface area contributed by atoms with Gasteiger partial charge in [-0.15, -0.1) is 0 Å². The van der Waals surface area contributed by atoms with Crippen LogP contribution in [-0.4, -0.2) is 6.21 Å². The summed E-state index contributed by atoms with van der Waals surface area (Å²) in [5, 5.41) is 0. The van der Waals surface area contributed by atoms with Gasteiger partial charge in [-0.1, -0.05) is 37.3 Å². The van der Waals surface area contributed by atoms with Crippen molar-refractivity contribution in [1.82, 2.24) is 0 Å². The molecule has 12 heavy (non-hydrogen) atoms. The minimum atomic E-state index is 0.505. The molecule has 0 saturated heterocycles. The lowest BCUT2D eigenvalue weighted by Crippen LogP contribution is -2.15. The second-order valence-electron chi connectivity index (χ2n) is 3.21. The van der Waals surface area contributed by atoms with Crippen LogP contribution in [0, 0.1) is 11.8 Å². The van der Waals surface area contributed by atoms with Crippen LogP contribution in [0.2, 0.25) is 0 Å². The number of nitrogens with zero attached hydrogens (tertiary/aromatic N) is 1. The van der Waals surface area contributed by atoms with Gasteiger partial charge >= 0.3 is 0 Å². The van der Waals surface area contributed by atoms with E-state index in [0.717, 1.165) is 6.42 Å². The predicted octanol–water partition coefficient (Wildman–Crippen LogP) is 2.72. The average molecular weight is 159 g/mol. The topological polar surface area (TPSA) is 12.4 Å². The van der Waals surface area contributed by atoms with Crippen molar-refractivity contribution in [2.24, 2.45) is 16.8 Å². The minimum Gasteiger partial charge on any atom is -0.265 e. The van der Waals surface area contributed by atoms with Crippen LogP contribution in [-0.2, 0) is 0 Å². The van der Waals surface area contributed by atoms with Gasteiger partial charge in [-0.3, -0.25) is 4.99 Å². The van der Waals surface area contributed by atoms with Crippen molar-refractivity contribution in [3.05, 3.63) is 36.1 Å². The fourth-order valence-corrected chi connectivity index (χ4v) is 1.61. The summed E-state index contributed by atoms with van der Waals surface area (Å²) < 4.78 is 0. The van der Waals surface area contributed by atoms with Crippen molar-refractivity contribution in [1.29, 1.82) is 0 Å². The van der Waals surface area contributed by atoms with E-state index in [2.05, 4.69) is 48.5 Å². The summed E-state index contributed by atoms with van der Waals surface area (Å²) in [7, 11) is 0. The number of hydrogen-bond donors (Lipinski definition) is 0. The van der Waals surface area contributed by atoms with Crippen molar-refractivity contribution in [2.45, 2.75) is 13.3 Å². The molecule has 0 fully saturated rings. The molecule has 62 valence electrons. The predicted molar refractivity (Wildman–Crippen MR) is 52.1 cm³/mol. The Balaban J connectivity index is 2.22. The highest BCUT2D eigenvalue weighted by molar-refractivity contribution is 5.68. The minimum absolute atomic E-state index is 0.505. The first-order valence-electron chi connectivity index (χ1n) is 4.50. The Morgan fingerprint density at radius 2 is 2.00 bits per heavy atom. The molecule has 0 aromatic heterocycles. The smallest absolute Gasteiger partial charge is 0.0363 e. The average Bonchev–Trinajstić information content (AvgIpc) is 2.17. The molecule has 0 bridgehead atoms. The number of hydrogen-bond acceptors (Lipinski definition) is 1. The van der Waals surface area contributed by atoms with Crippen molar-refractivity contribution >= 4 is 6.21 Å². The maximum Gasteiger partial charge on any atom is 0.0363 e. The zero-order valence-electron chi connectivity index (χ0n) is 7.27.